The fourth-order valence-electron chi connectivity index (χ4n) is 3.58. The van der Waals surface area contributed by atoms with Crippen molar-refractivity contribution in [3.8, 4) is 5.75 Å². The van der Waals surface area contributed by atoms with E-state index in [1.165, 1.54) is 11.3 Å². The third-order valence-corrected chi connectivity index (χ3v) is 5.86. The van der Waals surface area contributed by atoms with Crippen molar-refractivity contribution in [2.75, 3.05) is 19.1 Å². The summed E-state index contributed by atoms with van der Waals surface area (Å²) in [6.07, 6.45) is 2.90. The second-order valence-electron chi connectivity index (χ2n) is 7.49. The Balaban J connectivity index is 1.95. The Hall–Kier alpha value is -1.71. The molecule has 0 bridgehead atoms. The first-order valence-corrected chi connectivity index (χ1v) is 9.43. The number of aliphatic imine (C=N–C) groups is 1. The zero-order valence-electron chi connectivity index (χ0n) is 15.8. The van der Waals surface area contributed by atoms with Gasteiger partial charge in [0.1, 0.15) is 5.75 Å². The molecule has 2 aromatic rings. The molecule has 2 aromatic carbocycles. The van der Waals surface area contributed by atoms with Crippen LogP contribution in [0.1, 0.15) is 44.2 Å². The van der Waals surface area contributed by atoms with Crippen molar-refractivity contribution < 1.29 is 4.74 Å². The molecule has 0 spiro atoms. The van der Waals surface area contributed by atoms with Gasteiger partial charge in [-0.15, -0.1) is 0 Å². The van der Waals surface area contributed by atoms with Gasteiger partial charge in [0, 0.05) is 30.1 Å². The van der Waals surface area contributed by atoms with Crippen molar-refractivity contribution in [1.82, 2.24) is 0 Å². The maximum Gasteiger partial charge on any atom is 0.137 e. The summed E-state index contributed by atoms with van der Waals surface area (Å²) in [6.45, 7) is 6.80. The molecule has 1 aliphatic heterocycles. The molecule has 0 fully saturated rings. The Labute approximate surface area is 165 Å². The van der Waals surface area contributed by atoms with Crippen molar-refractivity contribution in [2.24, 2.45) is 4.99 Å². The minimum Gasteiger partial charge on any atom is -0.495 e. The van der Waals surface area contributed by atoms with Crippen LogP contribution in [0.25, 0.3) is 0 Å². The lowest BCUT2D eigenvalue weighted by Crippen LogP contribution is -2.45. The Morgan fingerprint density at radius 3 is 2.58 bits per heavy atom. The van der Waals surface area contributed by atoms with Gasteiger partial charge in [0.2, 0.25) is 0 Å². The summed E-state index contributed by atoms with van der Waals surface area (Å²) >= 11 is 12.7. The Bertz CT molecular complexity index is 861. The van der Waals surface area contributed by atoms with Gasteiger partial charge in [-0.2, -0.15) is 0 Å². The summed E-state index contributed by atoms with van der Waals surface area (Å²) in [5, 5.41) is 1.24. The van der Waals surface area contributed by atoms with Crippen molar-refractivity contribution in [1.29, 1.82) is 0 Å². The topological polar surface area (TPSA) is 24.8 Å². The SMILES string of the molecule is COc1ccc(N=Cc2cc3c(cc2Cl)N(C)C(C)(C)C[C@@H]3C)cc1Cl. The van der Waals surface area contributed by atoms with Gasteiger partial charge in [-0.3, -0.25) is 4.99 Å². The van der Waals surface area contributed by atoms with Crippen molar-refractivity contribution in [3.63, 3.8) is 0 Å². The van der Waals surface area contributed by atoms with Crippen LogP contribution in [0.5, 0.6) is 5.75 Å². The van der Waals surface area contributed by atoms with Gasteiger partial charge < -0.3 is 9.64 Å². The van der Waals surface area contributed by atoms with Crippen LogP contribution in [0.3, 0.4) is 0 Å². The quantitative estimate of drug-likeness (QED) is 0.560. The molecule has 0 aromatic heterocycles. The summed E-state index contributed by atoms with van der Waals surface area (Å²) in [6, 6.07) is 9.66. The van der Waals surface area contributed by atoms with Crippen LogP contribution in [-0.2, 0) is 0 Å². The second kappa shape index (κ2) is 7.13. The molecule has 0 saturated carbocycles. The lowest BCUT2D eigenvalue weighted by molar-refractivity contribution is 0.395. The number of anilines is 1. The Morgan fingerprint density at radius 2 is 1.92 bits per heavy atom. The maximum atomic E-state index is 6.55. The number of hydrogen-bond acceptors (Lipinski definition) is 3. The molecule has 0 N–H and O–H groups in total. The van der Waals surface area contributed by atoms with Crippen LogP contribution < -0.4 is 9.64 Å². The van der Waals surface area contributed by atoms with Gasteiger partial charge in [-0.25, -0.2) is 0 Å². The first-order chi connectivity index (χ1) is 12.2. The van der Waals surface area contributed by atoms with E-state index in [1.54, 1.807) is 19.4 Å². The van der Waals surface area contributed by atoms with Gasteiger partial charge >= 0.3 is 0 Å². The molecular weight excluding hydrogens is 367 g/mol. The zero-order valence-corrected chi connectivity index (χ0v) is 17.3. The van der Waals surface area contributed by atoms with Crippen LogP contribution in [0.2, 0.25) is 10.0 Å². The molecule has 3 nitrogen and oxygen atoms in total. The van der Waals surface area contributed by atoms with Crippen molar-refractivity contribution in [2.45, 2.75) is 38.6 Å². The van der Waals surface area contributed by atoms with E-state index < -0.39 is 0 Å². The molecule has 0 radical (unpaired) electrons. The molecule has 3 rings (SSSR count). The number of rotatable bonds is 3. The summed E-state index contributed by atoms with van der Waals surface area (Å²) in [5.74, 6) is 1.10. The molecule has 1 heterocycles. The van der Waals surface area contributed by atoms with Crippen molar-refractivity contribution >= 4 is 40.8 Å². The predicted molar refractivity (Wildman–Crippen MR) is 112 cm³/mol. The lowest BCUT2D eigenvalue weighted by Gasteiger charge is -2.45. The van der Waals surface area contributed by atoms with E-state index in [0.29, 0.717) is 21.7 Å². The summed E-state index contributed by atoms with van der Waals surface area (Å²) in [7, 11) is 3.73. The highest BCUT2D eigenvalue weighted by Crippen LogP contribution is 2.44. The van der Waals surface area contributed by atoms with Gasteiger partial charge in [0.25, 0.3) is 0 Å². The van der Waals surface area contributed by atoms with Crippen LogP contribution in [0, 0.1) is 0 Å². The van der Waals surface area contributed by atoms with Crippen LogP contribution in [-0.4, -0.2) is 25.9 Å². The molecule has 0 unspecified atom stereocenters. The summed E-state index contributed by atoms with van der Waals surface area (Å²) in [4.78, 5) is 6.85. The number of hydrogen-bond donors (Lipinski definition) is 0. The standard InChI is InChI=1S/C21H24Cl2N2O/c1-13-11-21(2,3)25(4)19-10-17(22)14(8-16(13)19)12-24-15-6-7-20(26-5)18(23)9-15/h6-10,12-13H,11H2,1-5H3/t13-/m0/s1. The Kier molecular flexibility index (Phi) is 5.23. The van der Waals surface area contributed by atoms with E-state index in [0.717, 1.165) is 17.7 Å². The van der Waals surface area contributed by atoms with E-state index in [1.807, 2.05) is 12.1 Å². The highest BCUT2D eigenvalue weighted by Gasteiger charge is 2.34. The van der Waals surface area contributed by atoms with E-state index >= 15 is 0 Å². The molecule has 5 heteroatoms. The largest absolute Gasteiger partial charge is 0.495 e. The van der Waals surface area contributed by atoms with E-state index in [-0.39, 0.29) is 5.54 Å². The number of nitrogens with zero attached hydrogens (tertiary/aromatic N) is 2. The molecular formula is C21H24Cl2N2O. The first kappa shape index (κ1) is 19.1. The van der Waals surface area contributed by atoms with E-state index in [2.05, 4.69) is 49.8 Å². The first-order valence-electron chi connectivity index (χ1n) is 8.68. The minimum atomic E-state index is 0.116. The monoisotopic (exact) mass is 390 g/mol. The van der Waals surface area contributed by atoms with Gasteiger partial charge in [-0.1, -0.05) is 30.1 Å². The highest BCUT2D eigenvalue weighted by molar-refractivity contribution is 6.33. The summed E-state index contributed by atoms with van der Waals surface area (Å²) in [5.41, 5.74) is 4.30. The third kappa shape index (κ3) is 3.56. The van der Waals surface area contributed by atoms with Crippen LogP contribution in [0.15, 0.2) is 35.3 Å². The smallest absolute Gasteiger partial charge is 0.137 e. The molecule has 26 heavy (non-hydrogen) atoms. The Morgan fingerprint density at radius 1 is 1.19 bits per heavy atom. The summed E-state index contributed by atoms with van der Waals surface area (Å²) < 4.78 is 5.17. The van der Waals surface area contributed by atoms with Gasteiger partial charge in [-0.05, 0) is 62.1 Å². The van der Waals surface area contributed by atoms with E-state index in [9.17, 15) is 0 Å². The average molecular weight is 391 g/mol. The fourth-order valence-corrected chi connectivity index (χ4v) is 4.04. The van der Waals surface area contributed by atoms with Gasteiger partial charge in [0.05, 0.1) is 22.8 Å². The maximum absolute atomic E-state index is 6.55. The molecule has 0 amide bonds. The van der Waals surface area contributed by atoms with Crippen LogP contribution in [0.4, 0.5) is 11.4 Å². The molecule has 0 saturated heterocycles. The predicted octanol–water partition coefficient (Wildman–Crippen LogP) is 6.47. The average Bonchev–Trinajstić information content (AvgIpc) is 2.58. The number of ether oxygens (including phenoxy) is 1. The highest BCUT2D eigenvalue weighted by atomic mass is 35.5. The number of halogens is 2. The van der Waals surface area contributed by atoms with Gasteiger partial charge in [0.15, 0.2) is 0 Å². The number of benzene rings is 2. The number of fused-ring (bicyclic) bond motifs is 1. The molecule has 138 valence electrons. The zero-order chi connectivity index (χ0) is 19.1. The van der Waals surface area contributed by atoms with Crippen LogP contribution >= 0.6 is 23.2 Å². The minimum absolute atomic E-state index is 0.116. The second-order valence-corrected chi connectivity index (χ2v) is 8.30. The molecule has 1 aliphatic rings. The third-order valence-electron chi connectivity index (χ3n) is 5.24. The van der Waals surface area contributed by atoms with Crippen molar-refractivity contribution in [3.05, 3.63) is 51.5 Å². The normalized spacial score (nSPS) is 18.9. The van der Waals surface area contributed by atoms with E-state index in [4.69, 9.17) is 27.9 Å². The lowest BCUT2D eigenvalue weighted by atomic mass is 9.80. The number of methoxy groups -OCH3 is 1. The molecule has 1 atom stereocenters. The fraction of sp³-hybridized carbons (Fsp3) is 0.381. The molecule has 0 aliphatic carbocycles.